The van der Waals surface area contributed by atoms with Crippen LogP contribution in [0.4, 0.5) is 0 Å². The third kappa shape index (κ3) is 2.43. The van der Waals surface area contributed by atoms with Gasteiger partial charge in [0.2, 0.25) is 5.91 Å². The summed E-state index contributed by atoms with van der Waals surface area (Å²) in [6.45, 7) is 0. The summed E-state index contributed by atoms with van der Waals surface area (Å²) in [7, 11) is 0. The van der Waals surface area contributed by atoms with Gasteiger partial charge in [-0.2, -0.15) is 0 Å². The second-order valence-electron chi connectivity index (χ2n) is 3.81. The molecule has 1 aromatic rings. The number of amides is 1. The second-order valence-corrected chi connectivity index (χ2v) is 3.81. The van der Waals surface area contributed by atoms with Gasteiger partial charge in [-0.25, -0.2) is 0 Å². The third-order valence-electron chi connectivity index (χ3n) is 2.54. The van der Waals surface area contributed by atoms with Crippen molar-refractivity contribution in [1.29, 1.82) is 0 Å². The van der Waals surface area contributed by atoms with E-state index in [0.717, 1.165) is 24.7 Å². The molecule has 0 aliphatic heterocycles. The van der Waals surface area contributed by atoms with Gasteiger partial charge >= 0.3 is 0 Å². The summed E-state index contributed by atoms with van der Waals surface area (Å²) >= 11 is 0. The van der Waals surface area contributed by atoms with E-state index in [0.29, 0.717) is 0 Å². The van der Waals surface area contributed by atoms with Crippen molar-refractivity contribution in [1.82, 2.24) is 5.32 Å². The smallest absolute Gasteiger partial charge is 0.223 e. The van der Waals surface area contributed by atoms with Crippen molar-refractivity contribution < 1.29 is 9.59 Å². The zero-order chi connectivity index (χ0) is 10.7. The molecule has 0 radical (unpaired) electrons. The molecule has 3 heteroatoms. The molecule has 1 aliphatic carbocycles. The van der Waals surface area contributed by atoms with Gasteiger partial charge in [-0.15, -0.1) is 0 Å². The van der Waals surface area contributed by atoms with E-state index in [1.807, 2.05) is 30.3 Å². The molecule has 0 heterocycles. The average Bonchev–Trinajstić information content (AvgIpc) is 3.10. The van der Waals surface area contributed by atoms with E-state index in [1.165, 1.54) is 0 Å². The second kappa shape index (κ2) is 4.26. The van der Waals surface area contributed by atoms with Crippen LogP contribution in [0.1, 0.15) is 24.4 Å². The summed E-state index contributed by atoms with van der Waals surface area (Å²) in [4.78, 5) is 22.3. The highest BCUT2D eigenvalue weighted by molar-refractivity contribution is 5.84. The summed E-state index contributed by atoms with van der Waals surface area (Å²) in [5, 5.41) is 2.74. The van der Waals surface area contributed by atoms with Crippen molar-refractivity contribution in [2.45, 2.75) is 18.9 Å². The lowest BCUT2D eigenvalue weighted by molar-refractivity contribution is -0.125. The molecule has 1 aromatic carbocycles. The summed E-state index contributed by atoms with van der Waals surface area (Å²) < 4.78 is 0. The van der Waals surface area contributed by atoms with Gasteiger partial charge in [-0.3, -0.25) is 4.79 Å². The molecule has 0 spiro atoms. The van der Waals surface area contributed by atoms with Crippen molar-refractivity contribution >= 4 is 12.2 Å². The van der Waals surface area contributed by atoms with Crippen LogP contribution in [0.15, 0.2) is 30.3 Å². The largest absolute Gasteiger partial charge is 0.342 e. The highest BCUT2D eigenvalue weighted by Gasteiger charge is 2.31. The Kier molecular flexibility index (Phi) is 2.81. The number of hydrogen-bond donors (Lipinski definition) is 1. The molecule has 3 nitrogen and oxygen atoms in total. The lowest BCUT2D eigenvalue weighted by Crippen LogP contribution is -2.30. The minimum Gasteiger partial charge on any atom is -0.342 e. The zero-order valence-corrected chi connectivity index (χ0v) is 8.35. The molecule has 1 N–H and O–H groups in total. The number of benzene rings is 1. The summed E-state index contributed by atoms with van der Waals surface area (Å²) in [6.07, 6.45) is 2.67. The maximum atomic E-state index is 11.5. The lowest BCUT2D eigenvalue weighted by atomic mass is 10.1. The highest BCUT2D eigenvalue weighted by atomic mass is 16.2. The molecular weight excluding hydrogens is 190 g/mol. The van der Waals surface area contributed by atoms with Crippen LogP contribution in [-0.4, -0.2) is 12.2 Å². The first-order valence-corrected chi connectivity index (χ1v) is 5.12. The topological polar surface area (TPSA) is 46.2 Å². The van der Waals surface area contributed by atoms with Crippen LogP contribution in [0, 0.1) is 5.92 Å². The Hall–Kier alpha value is -1.64. The fourth-order valence-corrected chi connectivity index (χ4v) is 1.47. The number of rotatable bonds is 4. The monoisotopic (exact) mass is 203 g/mol. The molecule has 0 aromatic heterocycles. The number of carbonyl (C=O) groups is 2. The molecule has 15 heavy (non-hydrogen) atoms. The Morgan fingerprint density at radius 3 is 2.53 bits per heavy atom. The van der Waals surface area contributed by atoms with Gasteiger partial charge in [-0.05, 0) is 18.4 Å². The molecule has 1 unspecified atom stereocenters. The van der Waals surface area contributed by atoms with Gasteiger partial charge in [0.25, 0.3) is 0 Å². The van der Waals surface area contributed by atoms with E-state index in [9.17, 15) is 9.59 Å². The van der Waals surface area contributed by atoms with Gasteiger partial charge in [0, 0.05) is 5.92 Å². The molecular formula is C12H13NO2. The van der Waals surface area contributed by atoms with Gasteiger partial charge in [0.15, 0.2) is 0 Å². The van der Waals surface area contributed by atoms with E-state index in [2.05, 4.69) is 5.32 Å². The Bertz CT molecular complexity index is 357. The van der Waals surface area contributed by atoms with Crippen LogP contribution in [-0.2, 0) is 9.59 Å². The number of nitrogens with one attached hydrogen (secondary N) is 1. The molecule has 0 saturated heterocycles. The first-order valence-electron chi connectivity index (χ1n) is 5.12. The molecule has 2 rings (SSSR count). The Labute approximate surface area is 88.5 Å². The summed E-state index contributed by atoms with van der Waals surface area (Å²) in [5.74, 6) is 0.132. The van der Waals surface area contributed by atoms with Crippen LogP contribution in [0.3, 0.4) is 0 Å². The van der Waals surface area contributed by atoms with Crippen LogP contribution in [0.5, 0.6) is 0 Å². The summed E-state index contributed by atoms with van der Waals surface area (Å²) in [6, 6.07) is 8.77. The molecule has 1 amide bonds. The van der Waals surface area contributed by atoms with Crippen molar-refractivity contribution in [3.8, 4) is 0 Å². The van der Waals surface area contributed by atoms with E-state index < -0.39 is 6.04 Å². The van der Waals surface area contributed by atoms with Crippen molar-refractivity contribution in [3.63, 3.8) is 0 Å². The van der Waals surface area contributed by atoms with Crippen molar-refractivity contribution in [3.05, 3.63) is 35.9 Å². The number of aldehydes is 1. The third-order valence-corrected chi connectivity index (χ3v) is 2.54. The standard InChI is InChI=1S/C12H13NO2/c14-8-11(9-4-2-1-3-5-9)13-12(15)10-6-7-10/h1-5,8,10-11H,6-7H2,(H,13,15). The van der Waals surface area contributed by atoms with Crippen molar-refractivity contribution in [2.24, 2.45) is 5.92 Å². The number of carbonyl (C=O) groups excluding carboxylic acids is 2. The lowest BCUT2D eigenvalue weighted by Gasteiger charge is -2.12. The predicted molar refractivity (Wildman–Crippen MR) is 56.1 cm³/mol. The highest BCUT2D eigenvalue weighted by Crippen LogP contribution is 2.29. The van der Waals surface area contributed by atoms with E-state index in [4.69, 9.17) is 0 Å². The molecule has 1 aliphatic rings. The Morgan fingerprint density at radius 1 is 1.33 bits per heavy atom. The maximum Gasteiger partial charge on any atom is 0.223 e. The molecule has 0 bridgehead atoms. The first-order chi connectivity index (χ1) is 7.31. The van der Waals surface area contributed by atoms with Gasteiger partial charge in [0.1, 0.15) is 12.3 Å². The minimum atomic E-state index is -0.501. The Morgan fingerprint density at radius 2 is 2.00 bits per heavy atom. The SMILES string of the molecule is O=CC(NC(=O)C1CC1)c1ccccc1. The fraction of sp³-hybridized carbons (Fsp3) is 0.333. The molecule has 1 atom stereocenters. The predicted octanol–water partition coefficient (Wildman–Crippen LogP) is 1.45. The fourth-order valence-electron chi connectivity index (χ4n) is 1.47. The molecule has 1 saturated carbocycles. The zero-order valence-electron chi connectivity index (χ0n) is 8.35. The maximum absolute atomic E-state index is 11.5. The van der Waals surface area contributed by atoms with Crippen molar-refractivity contribution in [2.75, 3.05) is 0 Å². The number of hydrogen-bond acceptors (Lipinski definition) is 2. The first kappa shape index (κ1) is 9.90. The van der Waals surface area contributed by atoms with Gasteiger partial charge in [-0.1, -0.05) is 30.3 Å². The summed E-state index contributed by atoms with van der Waals surface area (Å²) in [5.41, 5.74) is 0.835. The average molecular weight is 203 g/mol. The van der Waals surface area contributed by atoms with E-state index in [1.54, 1.807) is 0 Å². The van der Waals surface area contributed by atoms with Gasteiger partial charge < -0.3 is 10.1 Å². The molecule has 1 fully saturated rings. The minimum absolute atomic E-state index is 0.00375. The van der Waals surface area contributed by atoms with Crippen LogP contribution in [0.25, 0.3) is 0 Å². The quantitative estimate of drug-likeness (QED) is 0.753. The van der Waals surface area contributed by atoms with Crippen LogP contribution >= 0.6 is 0 Å². The Balaban J connectivity index is 2.03. The van der Waals surface area contributed by atoms with E-state index >= 15 is 0 Å². The van der Waals surface area contributed by atoms with Gasteiger partial charge in [0.05, 0.1) is 0 Å². The normalized spacial score (nSPS) is 16.8. The molecule has 78 valence electrons. The van der Waals surface area contributed by atoms with Crippen LogP contribution in [0.2, 0.25) is 0 Å². The van der Waals surface area contributed by atoms with Crippen LogP contribution < -0.4 is 5.32 Å². The van der Waals surface area contributed by atoms with E-state index in [-0.39, 0.29) is 11.8 Å².